The molecule has 0 radical (unpaired) electrons. The van der Waals surface area contributed by atoms with Crippen LogP contribution in [0.5, 0.6) is 0 Å². The summed E-state index contributed by atoms with van der Waals surface area (Å²) in [4.78, 5) is 6.52. The van der Waals surface area contributed by atoms with Crippen LogP contribution in [0.25, 0.3) is 0 Å². The highest BCUT2D eigenvalue weighted by molar-refractivity contribution is 7.92. The van der Waals surface area contributed by atoms with Gasteiger partial charge in [0.25, 0.3) is 0 Å². The largest absolute Gasteiger partial charge is 0.355 e. The molecule has 2 fully saturated rings. The van der Waals surface area contributed by atoms with E-state index in [1.165, 1.54) is 0 Å². The molecule has 1 heterocycles. The number of rotatable bonds is 3. The summed E-state index contributed by atoms with van der Waals surface area (Å²) in [5.41, 5.74) is 0.0938. The van der Waals surface area contributed by atoms with Crippen LogP contribution < -0.4 is 10.6 Å². The molecular formula is C17H34N4O2S. The molecule has 1 saturated heterocycles. The van der Waals surface area contributed by atoms with E-state index in [0.29, 0.717) is 13.1 Å². The van der Waals surface area contributed by atoms with Crippen molar-refractivity contribution in [1.29, 1.82) is 0 Å². The van der Waals surface area contributed by atoms with Gasteiger partial charge < -0.3 is 15.5 Å². The van der Waals surface area contributed by atoms with E-state index in [9.17, 15) is 8.42 Å². The monoisotopic (exact) mass is 358 g/mol. The molecule has 0 bridgehead atoms. The van der Waals surface area contributed by atoms with Crippen molar-refractivity contribution in [3.05, 3.63) is 0 Å². The molecule has 0 aromatic rings. The molecule has 140 valence electrons. The maximum absolute atomic E-state index is 12.7. The SMILES string of the molecule is CN=C(NCCNC(C)(C)C)N1CCS(=O)(=O)C2(CCCCC2)C1. The second-order valence-corrected chi connectivity index (χ2v) is 10.6. The van der Waals surface area contributed by atoms with Gasteiger partial charge in [-0.2, -0.15) is 0 Å². The number of nitrogens with zero attached hydrogens (tertiary/aromatic N) is 2. The van der Waals surface area contributed by atoms with Crippen LogP contribution in [0.2, 0.25) is 0 Å². The Hall–Kier alpha value is -0.820. The van der Waals surface area contributed by atoms with Gasteiger partial charge in [-0.25, -0.2) is 8.42 Å². The Labute approximate surface area is 147 Å². The molecule has 0 atom stereocenters. The minimum Gasteiger partial charge on any atom is -0.355 e. The van der Waals surface area contributed by atoms with Crippen molar-refractivity contribution in [3.63, 3.8) is 0 Å². The van der Waals surface area contributed by atoms with Crippen LogP contribution in [0.15, 0.2) is 4.99 Å². The lowest BCUT2D eigenvalue weighted by molar-refractivity contribution is 0.274. The number of sulfone groups is 1. The minimum absolute atomic E-state index is 0.0938. The van der Waals surface area contributed by atoms with Crippen molar-refractivity contribution in [3.8, 4) is 0 Å². The van der Waals surface area contributed by atoms with Crippen LogP contribution in [0, 0.1) is 0 Å². The summed E-state index contributed by atoms with van der Waals surface area (Å²) in [6.45, 7) is 9.18. The van der Waals surface area contributed by atoms with Gasteiger partial charge in [0.15, 0.2) is 15.8 Å². The van der Waals surface area contributed by atoms with Crippen molar-refractivity contribution < 1.29 is 8.42 Å². The van der Waals surface area contributed by atoms with Crippen LogP contribution in [-0.2, 0) is 9.84 Å². The third-order valence-corrected chi connectivity index (χ3v) is 7.69. The highest BCUT2D eigenvalue weighted by Crippen LogP contribution is 2.38. The van der Waals surface area contributed by atoms with Crippen LogP contribution in [-0.4, -0.2) is 68.5 Å². The lowest BCUT2D eigenvalue weighted by Gasteiger charge is -2.45. The lowest BCUT2D eigenvalue weighted by Crippen LogP contribution is -2.60. The molecule has 0 unspecified atom stereocenters. The van der Waals surface area contributed by atoms with Gasteiger partial charge in [0.1, 0.15) is 0 Å². The first-order chi connectivity index (χ1) is 11.2. The van der Waals surface area contributed by atoms with Crippen LogP contribution >= 0.6 is 0 Å². The Morgan fingerprint density at radius 3 is 2.42 bits per heavy atom. The van der Waals surface area contributed by atoms with Crippen LogP contribution in [0.1, 0.15) is 52.9 Å². The summed E-state index contributed by atoms with van der Waals surface area (Å²) in [5.74, 6) is 1.07. The van der Waals surface area contributed by atoms with E-state index in [0.717, 1.165) is 51.2 Å². The first-order valence-corrected chi connectivity index (χ1v) is 10.8. The van der Waals surface area contributed by atoms with E-state index in [2.05, 4.69) is 41.3 Å². The quantitative estimate of drug-likeness (QED) is 0.453. The Balaban J connectivity index is 1.97. The van der Waals surface area contributed by atoms with E-state index < -0.39 is 14.6 Å². The third-order valence-electron chi connectivity index (χ3n) is 5.11. The summed E-state index contributed by atoms with van der Waals surface area (Å²) >= 11 is 0. The van der Waals surface area contributed by atoms with Gasteiger partial charge in [0.05, 0.1) is 10.5 Å². The van der Waals surface area contributed by atoms with Crippen LogP contribution in [0.4, 0.5) is 0 Å². The second-order valence-electron chi connectivity index (χ2n) is 8.13. The molecule has 0 aromatic heterocycles. The van der Waals surface area contributed by atoms with Gasteiger partial charge in [-0.15, -0.1) is 0 Å². The number of hydrogen-bond donors (Lipinski definition) is 2. The molecule has 1 saturated carbocycles. The summed E-state index contributed by atoms with van der Waals surface area (Å²) in [6, 6.07) is 0. The van der Waals surface area contributed by atoms with Crippen molar-refractivity contribution in [2.45, 2.75) is 63.2 Å². The summed E-state index contributed by atoms with van der Waals surface area (Å²) in [7, 11) is -1.23. The average molecular weight is 359 g/mol. The zero-order valence-corrected chi connectivity index (χ0v) is 16.5. The van der Waals surface area contributed by atoms with Crippen molar-refractivity contribution >= 4 is 15.8 Å². The fourth-order valence-electron chi connectivity index (χ4n) is 3.76. The second kappa shape index (κ2) is 7.60. The van der Waals surface area contributed by atoms with Gasteiger partial charge in [-0.05, 0) is 33.6 Å². The number of nitrogens with one attached hydrogen (secondary N) is 2. The average Bonchev–Trinajstić information content (AvgIpc) is 2.51. The molecule has 0 aromatic carbocycles. The Bertz CT molecular complexity index is 545. The molecule has 0 amide bonds. The molecule has 1 aliphatic carbocycles. The summed E-state index contributed by atoms with van der Waals surface area (Å²) in [6.07, 6.45) is 4.80. The molecule has 6 nitrogen and oxygen atoms in total. The van der Waals surface area contributed by atoms with E-state index >= 15 is 0 Å². The minimum atomic E-state index is -3.00. The first kappa shape index (κ1) is 19.5. The zero-order valence-electron chi connectivity index (χ0n) is 15.7. The Kier molecular flexibility index (Phi) is 6.18. The molecule has 24 heavy (non-hydrogen) atoms. The number of hydrogen-bond acceptors (Lipinski definition) is 4. The van der Waals surface area contributed by atoms with Crippen molar-refractivity contribution in [1.82, 2.24) is 15.5 Å². The molecule has 2 N–H and O–H groups in total. The smallest absolute Gasteiger partial charge is 0.193 e. The number of aliphatic imine (C=N–C) groups is 1. The van der Waals surface area contributed by atoms with Gasteiger partial charge in [0, 0.05) is 38.8 Å². The normalized spacial score (nSPS) is 24.2. The van der Waals surface area contributed by atoms with Crippen molar-refractivity contribution in [2.75, 3.05) is 39.0 Å². The molecule has 2 aliphatic rings. The maximum Gasteiger partial charge on any atom is 0.193 e. The van der Waals surface area contributed by atoms with Gasteiger partial charge >= 0.3 is 0 Å². The lowest BCUT2D eigenvalue weighted by atomic mass is 9.87. The molecule has 7 heteroatoms. The fraction of sp³-hybridized carbons (Fsp3) is 0.941. The molecule has 1 spiro atoms. The fourth-order valence-corrected chi connectivity index (χ4v) is 5.92. The first-order valence-electron chi connectivity index (χ1n) is 9.12. The van der Waals surface area contributed by atoms with Crippen molar-refractivity contribution in [2.24, 2.45) is 4.99 Å². The van der Waals surface area contributed by atoms with E-state index in [4.69, 9.17) is 0 Å². The highest BCUT2D eigenvalue weighted by Gasteiger charge is 2.48. The zero-order chi connectivity index (χ0) is 17.8. The Morgan fingerprint density at radius 2 is 1.83 bits per heavy atom. The molecule has 2 rings (SSSR count). The molecule has 1 aliphatic heterocycles. The van der Waals surface area contributed by atoms with Gasteiger partial charge in [0.2, 0.25) is 0 Å². The standard InChI is InChI=1S/C17H34N4O2S/c1-16(2,3)20-11-10-19-15(18-4)21-12-13-24(22,23)17(14-21)8-6-5-7-9-17/h20H,5-14H2,1-4H3,(H,18,19). The maximum atomic E-state index is 12.7. The van der Waals surface area contributed by atoms with E-state index in [-0.39, 0.29) is 11.3 Å². The molecular weight excluding hydrogens is 324 g/mol. The predicted molar refractivity (Wildman–Crippen MR) is 100 cm³/mol. The van der Waals surface area contributed by atoms with E-state index in [1.807, 2.05) is 0 Å². The van der Waals surface area contributed by atoms with Crippen LogP contribution in [0.3, 0.4) is 0 Å². The summed E-state index contributed by atoms with van der Waals surface area (Å²) in [5, 5.41) is 6.82. The number of guanidine groups is 1. The van der Waals surface area contributed by atoms with Gasteiger partial charge in [-0.3, -0.25) is 4.99 Å². The third kappa shape index (κ3) is 4.63. The van der Waals surface area contributed by atoms with Gasteiger partial charge in [-0.1, -0.05) is 19.3 Å². The predicted octanol–water partition coefficient (Wildman–Crippen LogP) is 1.38. The highest BCUT2D eigenvalue weighted by atomic mass is 32.2. The summed E-state index contributed by atoms with van der Waals surface area (Å²) < 4.78 is 24.8. The van der Waals surface area contributed by atoms with E-state index in [1.54, 1.807) is 7.05 Å². The topological polar surface area (TPSA) is 73.8 Å². The Morgan fingerprint density at radius 1 is 1.17 bits per heavy atom.